The summed E-state index contributed by atoms with van der Waals surface area (Å²) in [5.41, 5.74) is 3.43. The van der Waals surface area contributed by atoms with Gasteiger partial charge in [-0.15, -0.1) is 0 Å². The standard InChI is InChI=1S/C20H18N2O2/c21-11-14-6-7-16-12-22(20(23)17(16)10-14)19-8-9-24-13-18(19)15-4-2-1-3-5-15/h1-7,10,18-19H,8-9,12-13H2/t18-,19+/m0/s1. The van der Waals surface area contributed by atoms with Gasteiger partial charge in [-0.1, -0.05) is 36.4 Å². The van der Waals surface area contributed by atoms with Gasteiger partial charge in [0, 0.05) is 30.7 Å². The van der Waals surface area contributed by atoms with Gasteiger partial charge in [-0.05, 0) is 29.7 Å². The summed E-state index contributed by atoms with van der Waals surface area (Å²) in [7, 11) is 0. The van der Waals surface area contributed by atoms with E-state index in [1.165, 1.54) is 5.56 Å². The summed E-state index contributed by atoms with van der Waals surface area (Å²) in [6.07, 6.45) is 0.838. The number of ether oxygens (including phenoxy) is 1. The molecule has 0 aliphatic carbocycles. The highest BCUT2D eigenvalue weighted by atomic mass is 16.5. The number of rotatable bonds is 2. The molecule has 2 aliphatic rings. The maximum absolute atomic E-state index is 12.9. The Labute approximate surface area is 141 Å². The van der Waals surface area contributed by atoms with Crippen molar-refractivity contribution in [1.29, 1.82) is 5.26 Å². The molecule has 2 aromatic carbocycles. The molecule has 2 heterocycles. The van der Waals surface area contributed by atoms with E-state index in [9.17, 15) is 4.79 Å². The number of nitrogens with zero attached hydrogens (tertiary/aromatic N) is 2. The fourth-order valence-corrected chi connectivity index (χ4v) is 3.78. The van der Waals surface area contributed by atoms with Crippen molar-refractivity contribution in [3.05, 3.63) is 70.8 Å². The molecular weight excluding hydrogens is 300 g/mol. The number of amides is 1. The lowest BCUT2D eigenvalue weighted by molar-refractivity contribution is 0.0161. The molecule has 120 valence electrons. The minimum absolute atomic E-state index is 0.0370. The van der Waals surface area contributed by atoms with Gasteiger partial charge in [0.1, 0.15) is 0 Å². The van der Waals surface area contributed by atoms with Crippen LogP contribution in [0.2, 0.25) is 0 Å². The molecule has 1 fully saturated rings. The number of nitriles is 1. The van der Waals surface area contributed by atoms with Crippen molar-refractivity contribution >= 4 is 5.91 Å². The van der Waals surface area contributed by atoms with E-state index in [0.29, 0.717) is 30.9 Å². The first-order valence-electron chi connectivity index (χ1n) is 8.24. The molecule has 0 aromatic heterocycles. The van der Waals surface area contributed by atoms with Crippen molar-refractivity contribution in [2.75, 3.05) is 13.2 Å². The third-order valence-electron chi connectivity index (χ3n) is 5.02. The molecule has 2 aromatic rings. The molecule has 1 saturated heterocycles. The van der Waals surface area contributed by atoms with Crippen LogP contribution in [-0.2, 0) is 11.3 Å². The second kappa shape index (κ2) is 6.10. The number of hydrogen-bond donors (Lipinski definition) is 0. The molecule has 0 unspecified atom stereocenters. The molecule has 0 radical (unpaired) electrons. The summed E-state index contributed by atoms with van der Waals surface area (Å²) in [6, 6.07) is 17.9. The summed E-state index contributed by atoms with van der Waals surface area (Å²) in [6.45, 7) is 1.93. The highest BCUT2D eigenvalue weighted by molar-refractivity contribution is 5.99. The number of carbonyl (C=O) groups excluding carboxylic acids is 1. The lowest BCUT2D eigenvalue weighted by Crippen LogP contribution is -2.44. The minimum atomic E-state index is 0.0370. The van der Waals surface area contributed by atoms with Gasteiger partial charge in [0.05, 0.1) is 18.2 Å². The predicted molar refractivity (Wildman–Crippen MR) is 89.4 cm³/mol. The van der Waals surface area contributed by atoms with Crippen LogP contribution in [0.5, 0.6) is 0 Å². The zero-order valence-electron chi connectivity index (χ0n) is 13.3. The molecule has 2 atom stereocenters. The Morgan fingerprint density at radius 1 is 1.17 bits per heavy atom. The lowest BCUT2D eigenvalue weighted by Gasteiger charge is -2.38. The summed E-state index contributed by atoms with van der Waals surface area (Å²) >= 11 is 0. The maximum Gasteiger partial charge on any atom is 0.254 e. The van der Waals surface area contributed by atoms with Crippen molar-refractivity contribution in [1.82, 2.24) is 4.90 Å². The number of fused-ring (bicyclic) bond motifs is 1. The monoisotopic (exact) mass is 318 g/mol. The van der Waals surface area contributed by atoms with Gasteiger partial charge in [0.25, 0.3) is 5.91 Å². The largest absolute Gasteiger partial charge is 0.381 e. The number of benzene rings is 2. The van der Waals surface area contributed by atoms with Crippen molar-refractivity contribution < 1.29 is 9.53 Å². The van der Waals surface area contributed by atoms with E-state index in [2.05, 4.69) is 18.2 Å². The average Bonchev–Trinajstić information content (AvgIpc) is 2.98. The van der Waals surface area contributed by atoms with E-state index in [1.54, 1.807) is 12.1 Å². The van der Waals surface area contributed by atoms with Crippen LogP contribution >= 0.6 is 0 Å². The maximum atomic E-state index is 12.9. The predicted octanol–water partition coefficient (Wildman–Crippen LogP) is 3.09. The Morgan fingerprint density at radius 3 is 2.79 bits per heavy atom. The summed E-state index contributed by atoms with van der Waals surface area (Å²) in [5.74, 6) is 0.226. The lowest BCUT2D eigenvalue weighted by atomic mass is 9.87. The Kier molecular flexibility index (Phi) is 3.79. The van der Waals surface area contributed by atoms with Gasteiger partial charge in [-0.25, -0.2) is 0 Å². The van der Waals surface area contributed by atoms with Crippen molar-refractivity contribution in [3.63, 3.8) is 0 Å². The molecule has 0 bridgehead atoms. The smallest absolute Gasteiger partial charge is 0.254 e. The van der Waals surface area contributed by atoms with E-state index in [-0.39, 0.29) is 17.9 Å². The number of hydrogen-bond acceptors (Lipinski definition) is 3. The first kappa shape index (κ1) is 14.9. The fourth-order valence-electron chi connectivity index (χ4n) is 3.78. The Bertz CT molecular complexity index is 810. The van der Waals surface area contributed by atoms with E-state index in [1.807, 2.05) is 29.2 Å². The highest BCUT2D eigenvalue weighted by Crippen LogP contribution is 2.35. The average molecular weight is 318 g/mol. The van der Waals surface area contributed by atoms with Crippen molar-refractivity contribution in [3.8, 4) is 6.07 Å². The second-order valence-electron chi connectivity index (χ2n) is 6.36. The van der Waals surface area contributed by atoms with Gasteiger partial charge in [0.15, 0.2) is 0 Å². The number of carbonyl (C=O) groups is 1. The quantitative estimate of drug-likeness (QED) is 0.855. The molecule has 0 saturated carbocycles. The van der Waals surface area contributed by atoms with E-state index < -0.39 is 0 Å². The molecule has 4 nitrogen and oxygen atoms in total. The van der Waals surface area contributed by atoms with Crippen LogP contribution in [0.15, 0.2) is 48.5 Å². The van der Waals surface area contributed by atoms with Crippen LogP contribution in [0.4, 0.5) is 0 Å². The zero-order valence-corrected chi connectivity index (χ0v) is 13.3. The van der Waals surface area contributed by atoms with E-state index >= 15 is 0 Å². The normalized spacial score (nSPS) is 23.0. The van der Waals surface area contributed by atoms with Crippen molar-refractivity contribution in [2.24, 2.45) is 0 Å². The van der Waals surface area contributed by atoms with Gasteiger partial charge < -0.3 is 9.64 Å². The first-order valence-corrected chi connectivity index (χ1v) is 8.24. The van der Waals surface area contributed by atoms with Crippen molar-refractivity contribution in [2.45, 2.75) is 24.9 Å². The minimum Gasteiger partial charge on any atom is -0.381 e. The van der Waals surface area contributed by atoms with E-state index in [4.69, 9.17) is 10.00 Å². The SMILES string of the molecule is N#Cc1ccc2c(c1)C(=O)N([C@@H]1CCOC[C@H]1c1ccccc1)C2. The highest BCUT2D eigenvalue weighted by Gasteiger charge is 2.38. The van der Waals surface area contributed by atoms with Crippen LogP contribution in [-0.4, -0.2) is 30.1 Å². The van der Waals surface area contributed by atoms with Crippen LogP contribution in [0, 0.1) is 11.3 Å². The molecule has 0 N–H and O–H groups in total. The molecule has 4 rings (SSSR count). The summed E-state index contributed by atoms with van der Waals surface area (Å²) < 4.78 is 5.69. The molecule has 2 aliphatic heterocycles. The zero-order chi connectivity index (χ0) is 16.5. The van der Waals surface area contributed by atoms with Crippen LogP contribution in [0.3, 0.4) is 0 Å². The van der Waals surface area contributed by atoms with Gasteiger partial charge in [-0.3, -0.25) is 4.79 Å². The Hall–Kier alpha value is -2.64. The fraction of sp³-hybridized carbons (Fsp3) is 0.300. The Morgan fingerprint density at radius 2 is 2.00 bits per heavy atom. The molecule has 1 amide bonds. The molecule has 24 heavy (non-hydrogen) atoms. The van der Waals surface area contributed by atoms with Crippen LogP contribution < -0.4 is 0 Å². The third kappa shape index (κ3) is 2.47. The van der Waals surface area contributed by atoms with Gasteiger partial charge >= 0.3 is 0 Å². The molecular formula is C20H18N2O2. The second-order valence-corrected chi connectivity index (χ2v) is 6.36. The summed E-state index contributed by atoms with van der Waals surface area (Å²) in [5, 5.41) is 9.07. The molecule has 0 spiro atoms. The third-order valence-corrected chi connectivity index (χ3v) is 5.02. The van der Waals surface area contributed by atoms with Crippen LogP contribution in [0.1, 0.15) is 39.4 Å². The van der Waals surface area contributed by atoms with Gasteiger partial charge in [0.2, 0.25) is 0 Å². The van der Waals surface area contributed by atoms with Gasteiger partial charge in [-0.2, -0.15) is 5.26 Å². The molecule has 4 heteroatoms. The Balaban J connectivity index is 1.65. The van der Waals surface area contributed by atoms with E-state index in [0.717, 1.165) is 12.0 Å². The van der Waals surface area contributed by atoms with Crippen LogP contribution in [0.25, 0.3) is 0 Å². The summed E-state index contributed by atoms with van der Waals surface area (Å²) in [4.78, 5) is 14.9. The topological polar surface area (TPSA) is 53.3 Å². The first-order chi connectivity index (χ1) is 11.8.